The molecule has 0 unspecified atom stereocenters. The van der Waals surface area contributed by atoms with Gasteiger partial charge in [0.15, 0.2) is 5.76 Å². The lowest BCUT2D eigenvalue weighted by molar-refractivity contribution is -0.115. The highest BCUT2D eigenvalue weighted by atomic mass is 35.5. The molecular weight excluding hydrogens is 364 g/mol. The maximum atomic E-state index is 12.3. The maximum Gasteiger partial charge on any atom is 0.230 e. The third-order valence-corrected chi connectivity index (χ3v) is 5.03. The van der Waals surface area contributed by atoms with Crippen molar-refractivity contribution < 1.29 is 14.1 Å². The molecule has 2 heterocycles. The van der Waals surface area contributed by atoms with Crippen LogP contribution in [-0.2, 0) is 17.6 Å². The Kier molecular flexibility index (Phi) is 4.62. The molecule has 0 fully saturated rings. The van der Waals surface area contributed by atoms with E-state index in [-0.39, 0.29) is 18.4 Å². The van der Waals surface area contributed by atoms with Gasteiger partial charge in [-0.05, 0) is 55.3 Å². The molecule has 3 aromatic rings. The van der Waals surface area contributed by atoms with Gasteiger partial charge in [0.05, 0.1) is 12.1 Å². The maximum absolute atomic E-state index is 12.3. The Balaban J connectivity index is 1.46. The summed E-state index contributed by atoms with van der Waals surface area (Å²) < 4.78 is 11.2. The number of ether oxygens (including phenoxy) is 1. The number of hydrogen-bond donors (Lipinski definition) is 1. The Bertz CT molecular complexity index is 1010. The van der Waals surface area contributed by atoms with Crippen molar-refractivity contribution >= 4 is 23.2 Å². The summed E-state index contributed by atoms with van der Waals surface area (Å²) in [4.78, 5) is 12.3. The minimum absolute atomic E-state index is 0.126. The summed E-state index contributed by atoms with van der Waals surface area (Å²) in [6, 6.07) is 13.2. The van der Waals surface area contributed by atoms with Gasteiger partial charge in [0.2, 0.25) is 5.91 Å². The normalized spacial score (nSPS) is 15.3. The Morgan fingerprint density at radius 1 is 1.30 bits per heavy atom. The van der Waals surface area contributed by atoms with Gasteiger partial charge in [0, 0.05) is 28.8 Å². The average molecular weight is 383 g/mol. The number of nitrogens with one attached hydrogen (secondary N) is 1. The summed E-state index contributed by atoms with van der Waals surface area (Å²) in [6.45, 7) is 3.91. The molecule has 6 heteroatoms. The second kappa shape index (κ2) is 7.08. The molecule has 5 nitrogen and oxygen atoms in total. The number of amides is 1. The molecule has 1 aliphatic heterocycles. The van der Waals surface area contributed by atoms with Gasteiger partial charge in [0.1, 0.15) is 11.9 Å². The van der Waals surface area contributed by atoms with Gasteiger partial charge in [-0.2, -0.15) is 0 Å². The van der Waals surface area contributed by atoms with Gasteiger partial charge in [-0.3, -0.25) is 4.79 Å². The molecule has 1 amide bonds. The van der Waals surface area contributed by atoms with Crippen molar-refractivity contribution in [2.24, 2.45) is 0 Å². The van der Waals surface area contributed by atoms with Gasteiger partial charge in [-0.15, -0.1) is 0 Å². The van der Waals surface area contributed by atoms with Gasteiger partial charge in [-0.25, -0.2) is 0 Å². The van der Waals surface area contributed by atoms with Crippen molar-refractivity contribution in [1.29, 1.82) is 0 Å². The number of halogens is 1. The Morgan fingerprint density at radius 2 is 2.15 bits per heavy atom. The number of hydrogen-bond acceptors (Lipinski definition) is 4. The number of benzene rings is 2. The van der Waals surface area contributed by atoms with Crippen molar-refractivity contribution in [2.75, 3.05) is 5.32 Å². The van der Waals surface area contributed by atoms with Crippen LogP contribution in [0.5, 0.6) is 5.75 Å². The second-order valence-corrected chi connectivity index (χ2v) is 7.18. The van der Waals surface area contributed by atoms with Crippen LogP contribution in [-0.4, -0.2) is 17.2 Å². The molecule has 1 atom stereocenters. The molecule has 0 spiro atoms. The fraction of sp³-hybridized carbons (Fsp3) is 0.238. The summed E-state index contributed by atoms with van der Waals surface area (Å²) in [7, 11) is 0. The van der Waals surface area contributed by atoms with Crippen LogP contribution < -0.4 is 10.1 Å². The smallest absolute Gasteiger partial charge is 0.230 e. The van der Waals surface area contributed by atoms with Crippen LogP contribution in [0.1, 0.15) is 23.7 Å². The molecule has 4 rings (SSSR count). The summed E-state index contributed by atoms with van der Waals surface area (Å²) in [6.07, 6.45) is 1.20. The zero-order valence-electron chi connectivity index (χ0n) is 15.1. The molecule has 1 aromatic heterocycles. The molecule has 0 saturated carbocycles. The van der Waals surface area contributed by atoms with Crippen LogP contribution in [0.15, 0.2) is 47.0 Å². The number of carbonyl (C=O) groups excluding carboxylic acids is 1. The number of anilines is 1. The van der Waals surface area contributed by atoms with Crippen LogP contribution in [0.4, 0.5) is 5.69 Å². The molecule has 2 aromatic carbocycles. The van der Waals surface area contributed by atoms with E-state index in [4.69, 9.17) is 20.9 Å². The van der Waals surface area contributed by atoms with Gasteiger partial charge < -0.3 is 14.6 Å². The van der Waals surface area contributed by atoms with E-state index in [1.807, 2.05) is 32.0 Å². The average Bonchev–Trinajstić information content (AvgIpc) is 3.23. The number of rotatable bonds is 4. The number of nitrogens with zero attached hydrogens (tertiary/aromatic N) is 1. The van der Waals surface area contributed by atoms with Crippen LogP contribution in [0, 0.1) is 6.92 Å². The predicted molar refractivity (Wildman–Crippen MR) is 104 cm³/mol. The minimum Gasteiger partial charge on any atom is -0.490 e. The standard InChI is InChI=1S/C21H19ClN2O3/c1-12-8-15-9-14(6-7-19(15)26-12)20-10-16(24-27-20)11-21(25)23-18-5-3-4-17(22)13(18)2/h3-7,9-10,12H,8,11H2,1-2H3,(H,23,25)/t12-/m0/s1. The minimum atomic E-state index is -0.170. The zero-order chi connectivity index (χ0) is 19.0. The summed E-state index contributed by atoms with van der Waals surface area (Å²) in [5.41, 5.74) is 4.20. The van der Waals surface area contributed by atoms with Crippen LogP contribution in [0.3, 0.4) is 0 Å². The van der Waals surface area contributed by atoms with E-state index in [0.717, 1.165) is 28.9 Å². The van der Waals surface area contributed by atoms with Crippen LogP contribution in [0.25, 0.3) is 11.3 Å². The van der Waals surface area contributed by atoms with E-state index in [1.165, 1.54) is 0 Å². The van der Waals surface area contributed by atoms with E-state index < -0.39 is 0 Å². The fourth-order valence-corrected chi connectivity index (χ4v) is 3.38. The SMILES string of the molecule is Cc1c(Cl)cccc1NC(=O)Cc1cc(-c2ccc3c(c2)C[C@H](C)O3)on1. The first-order valence-corrected chi connectivity index (χ1v) is 9.18. The molecule has 27 heavy (non-hydrogen) atoms. The Hall–Kier alpha value is -2.79. The molecule has 1 aliphatic rings. The molecule has 0 radical (unpaired) electrons. The van der Waals surface area contributed by atoms with Crippen LogP contribution in [0.2, 0.25) is 5.02 Å². The van der Waals surface area contributed by atoms with Gasteiger partial charge >= 0.3 is 0 Å². The Labute approximate surface area is 162 Å². The number of aromatic nitrogens is 1. The highest BCUT2D eigenvalue weighted by Crippen LogP contribution is 2.33. The molecule has 0 aliphatic carbocycles. The monoisotopic (exact) mass is 382 g/mol. The highest BCUT2D eigenvalue weighted by molar-refractivity contribution is 6.31. The van der Waals surface area contributed by atoms with Gasteiger partial charge in [0.25, 0.3) is 0 Å². The first-order valence-electron chi connectivity index (χ1n) is 8.80. The third-order valence-electron chi connectivity index (χ3n) is 4.62. The van der Waals surface area contributed by atoms with Crippen molar-refractivity contribution in [3.8, 4) is 17.1 Å². The summed E-state index contributed by atoms with van der Waals surface area (Å²) in [5, 5.41) is 7.51. The first-order chi connectivity index (χ1) is 13.0. The third kappa shape index (κ3) is 3.69. The van der Waals surface area contributed by atoms with Crippen LogP contribution >= 0.6 is 11.6 Å². The molecule has 138 valence electrons. The largest absolute Gasteiger partial charge is 0.490 e. The number of carbonyl (C=O) groups is 1. The lowest BCUT2D eigenvalue weighted by Crippen LogP contribution is -2.15. The lowest BCUT2D eigenvalue weighted by Gasteiger charge is -2.08. The number of fused-ring (bicyclic) bond motifs is 1. The Morgan fingerprint density at radius 3 is 3.00 bits per heavy atom. The molecule has 1 N–H and O–H groups in total. The zero-order valence-corrected chi connectivity index (χ0v) is 15.8. The highest BCUT2D eigenvalue weighted by Gasteiger charge is 2.20. The van der Waals surface area contributed by atoms with Crippen molar-refractivity contribution in [3.63, 3.8) is 0 Å². The molecular formula is C21H19ClN2O3. The molecule has 0 saturated heterocycles. The van der Waals surface area contributed by atoms with E-state index in [9.17, 15) is 4.79 Å². The van der Waals surface area contributed by atoms with Crippen molar-refractivity contribution in [2.45, 2.75) is 32.8 Å². The quantitative estimate of drug-likeness (QED) is 0.703. The van der Waals surface area contributed by atoms with Gasteiger partial charge in [-0.1, -0.05) is 22.8 Å². The summed E-state index contributed by atoms with van der Waals surface area (Å²) in [5.74, 6) is 1.39. The van der Waals surface area contributed by atoms with E-state index in [2.05, 4.69) is 16.5 Å². The van der Waals surface area contributed by atoms with Crippen molar-refractivity contribution in [1.82, 2.24) is 5.16 Å². The van der Waals surface area contributed by atoms with E-state index >= 15 is 0 Å². The predicted octanol–water partition coefficient (Wildman–Crippen LogP) is 4.81. The topological polar surface area (TPSA) is 64.4 Å². The summed E-state index contributed by atoms with van der Waals surface area (Å²) >= 11 is 6.09. The van der Waals surface area contributed by atoms with Crippen molar-refractivity contribution in [3.05, 3.63) is 64.3 Å². The van der Waals surface area contributed by atoms with E-state index in [0.29, 0.717) is 22.2 Å². The fourth-order valence-electron chi connectivity index (χ4n) is 3.21. The first kappa shape index (κ1) is 17.6. The van der Waals surface area contributed by atoms with E-state index in [1.54, 1.807) is 18.2 Å². The lowest BCUT2D eigenvalue weighted by atomic mass is 10.1. The molecule has 0 bridgehead atoms. The second-order valence-electron chi connectivity index (χ2n) is 6.77.